The predicted molar refractivity (Wildman–Crippen MR) is 103 cm³/mol. The van der Waals surface area contributed by atoms with Crippen LogP contribution < -0.4 is 10.8 Å². The van der Waals surface area contributed by atoms with E-state index in [2.05, 4.69) is 5.32 Å². The van der Waals surface area contributed by atoms with Crippen molar-refractivity contribution in [3.8, 4) is 0 Å². The molecule has 0 radical (unpaired) electrons. The Morgan fingerprint density at radius 3 is 2.57 bits per heavy atom. The normalized spacial score (nSPS) is 13.3. The molecule has 0 aliphatic heterocycles. The summed E-state index contributed by atoms with van der Waals surface area (Å²) in [6.45, 7) is 3.39. The highest BCUT2D eigenvalue weighted by Gasteiger charge is 2.23. The van der Waals surface area contributed by atoms with E-state index in [0.29, 0.717) is 19.4 Å². The Hall–Kier alpha value is -2.22. The van der Waals surface area contributed by atoms with E-state index in [0.717, 1.165) is 36.5 Å². The molecule has 2 unspecified atom stereocenters. The fraction of sp³-hybridized carbons (Fsp3) is 0.476. The Morgan fingerprint density at radius 1 is 1.21 bits per heavy atom. The van der Waals surface area contributed by atoms with Crippen LogP contribution in [0.25, 0.3) is 0 Å². The first-order chi connectivity index (χ1) is 13.5. The maximum absolute atomic E-state index is 13.1. The van der Waals surface area contributed by atoms with Crippen molar-refractivity contribution in [3.63, 3.8) is 0 Å². The molecule has 1 amide bonds. The summed E-state index contributed by atoms with van der Waals surface area (Å²) in [7, 11) is 1.56. The first-order valence-corrected chi connectivity index (χ1v) is 9.51. The topological polar surface area (TPSA) is 83.7 Å². The van der Waals surface area contributed by atoms with E-state index in [4.69, 9.17) is 14.4 Å². The molecule has 0 spiro atoms. The lowest BCUT2D eigenvalue weighted by atomic mass is 9.91. The minimum absolute atomic E-state index is 0.319. The van der Waals surface area contributed by atoms with Crippen LogP contribution in [0.4, 0.5) is 4.39 Å². The zero-order valence-corrected chi connectivity index (χ0v) is 16.4. The second-order valence-electron chi connectivity index (χ2n) is 6.87. The van der Waals surface area contributed by atoms with Crippen LogP contribution in [-0.4, -0.2) is 24.8 Å². The summed E-state index contributed by atoms with van der Waals surface area (Å²) in [4.78, 5) is 12.1. The quantitative estimate of drug-likeness (QED) is 0.290. The molecule has 1 aromatic carbocycles. The number of halogens is 1. The number of furan rings is 1. The number of hydrogen-bond acceptors (Lipinski definition) is 5. The Bertz CT molecular complexity index is 717. The van der Waals surface area contributed by atoms with Gasteiger partial charge in [0.05, 0.1) is 12.6 Å². The molecular weight excluding hydrogens is 363 g/mol. The van der Waals surface area contributed by atoms with E-state index < -0.39 is 11.8 Å². The summed E-state index contributed by atoms with van der Waals surface area (Å²) in [6, 6.07) is 9.92. The number of aryl methyl sites for hydroxylation is 1. The number of carbonyl (C=O) groups excluding carboxylic acids is 1. The minimum Gasteiger partial charge on any atom is -0.465 e. The molecule has 7 heteroatoms. The first-order valence-electron chi connectivity index (χ1n) is 9.51. The SMILES string of the molecule is COC(CC(CCCCNCc1ccc(C)o1)C(=O)NO)c1ccc(F)cc1. The fourth-order valence-corrected chi connectivity index (χ4v) is 3.18. The average Bonchev–Trinajstić information content (AvgIpc) is 3.12. The van der Waals surface area contributed by atoms with Crippen molar-refractivity contribution in [2.24, 2.45) is 5.92 Å². The van der Waals surface area contributed by atoms with Gasteiger partial charge >= 0.3 is 0 Å². The Labute approximate surface area is 165 Å². The third-order valence-corrected chi connectivity index (χ3v) is 4.76. The zero-order valence-electron chi connectivity index (χ0n) is 16.4. The Balaban J connectivity index is 1.78. The van der Waals surface area contributed by atoms with Gasteiger partial charge in [-0.25, -0.2) is 9.87 Å². The van der Waals surface area contributed by atoms with Crippen LogP contribution in [0, 0.1) is 18.7 Å². The molecule has 154 valence electrons. The van der Waals surface area contributed by atoms with Crippen LogP contribution >= 0.6 is 0 Å². The number of carbonyl (C=O) groups is 1. The molecule has 2 atom stereocenters. The van der Waals surface area contributed by atoms with E-state index in [1.54, 1.807) is 24.7 Å². The number of hydroxylamine groups is 1. The first kappa shape index (κ1) is 22.1. The van der Waals surface area contributed by atoms with Crippen LogP contribution in [0.1, 0.15) is 48.9 Å². The molecule has 0 saturated heterocycles. The predicted octanol–water partition coefficient (Wildman–Crippen LogP) is 3.89. The smallest absolute Gasteiger partial charge is 0.246 e. The van der Waals surface area contributed by atoms with Crippen LogP contribution in [0.5, 0.6) is 0 Å². The lowest BCUT2D eigenvalue weighted by Crippen LogP contribution is -2.29. The van der Waals surface area contributed by atoms with Crippen molar-refractivity contribution >= 4 is 5.91 Å². The van der Waals surface area contributed by atoms with Crippen LogP contribution in [0.2, 0.25) is 0 Å². The van der Waals surface area contributed by atoms with Crippen LogP contribution in [0.15, 0.2) is 40.8 Å². The van der Waals surface area contributed by atoms with E-state index in [9.17, 15) is 9.18 Å². The Kier molecular flexibility index (Phi) is 9.13. The van der Waals surface area contributed by atoms with Crippen molar-refractivity contribution in [1.29, 1.82) is 0 Å². The third-order valence-electron chi connectivity index (χ3n) is 4.76. The summed E-state index contributed by atoms with van der Waals surface area (Å²) in [6.07, 6.45) is 2.40. The molecule has 1 heterocycles. The molecule has 0 bridgehead atoms. The van der Waals surface area contributed by atoms with Crippen LogP contribution in [0.3, 0.4) is 0 Å². The van der Waals surface area contributed by atoms with Gasteiger partial charge in [-0.05, 0) is 62.6 Å². The summed E-state index contributed by atoms with van der Waals surface area (Å²) >= 11 is 0. The molecule has 0 aliphatic carbocycles. The highest BCUT2D eigenvalue weighted by Crippen LogP contribution is 2.27. The van der Waals surface area contributed by atoms with E-state index in [-0.39, 0.29) is 11.9 Å². The maximum atomic E-state index is 13.1. The average molecular weight is 392 g/mol. The number of benzene rings is 1. The van der Waals surface area contributed by atoms with Gasteiger partial charge in [-0.15, -0.1) is 0 Å². The van der Waals surface area contributed by atoms with E-state index in [1.807, 2.05) is 19.1 Å². The fourth-order valence-electron chi connectivity index (χ4n) is 3.18. The molecule has 28 heavy (non-hydrogen) atoms. The number of methoxy groups -OCH3 is 1. The highest BCUT2D eigenvalue weighted by atomic mass is 19.1. The molecule has 1 aromatic heterocycles. The summed E-state index contributed by atoms with van der Waals surface area (Å²) in [5.41, 5.74) is 2.55. The second kappa shape index (κ2) is 11.6. The molecule has 2 aromatic rings. The number of rotatable bonds is 12. The number of unbranched alkanes of at least 4 members (excludes halogenated alkanes) is 1. The van der Waals surface area contributed by atoms with Crippen molar-refractivity contribution in [1.82, 2.24) is 10.8 Å². The molecule has 3 N–H and O–H groups in total. The molecule has 0 fully saturated rings. The standard InChI is InChI=1S/C21H29FN2O4/c1-15-6-11-19(28-15)14-23-12-4-3-5-17(21(25)24-26)13-20(27-2)16-7-9-18(22)10-8-16/h6-11,17,20,23,26H,3-5,12-14H2,1-2H3,(H,24,25). The van der Waals surface area contributed by atoms with Gasteiger partial charge in [0.1, 0.15) is 17.3 Å². The largest absolute Gasteiger partial charge is 0.465 e. The summed E-state index contributed by atoms with van der Waals surface area (Å²) in [5.74, 6) is 0.650. The minimum atomic E-state index is -0.428. The summed E-state index contributed by atoms with van der Waals surface area (Å²) < 4.78 is 24.1. The van der Waals surface area contributed by atoms with E-state index >= 15 is 0 Å². The molecule has 0 saturated carbocycles. The molecule has 0 aliphatic rings. The lowest BCUT2D eigenvalue weighted by Gasteiger charge is -2.22. The van der Waals surface area contributed by atoms with Gasteiger partial charge in [0.15, 0.2) is 0 Å². The van der Waals surface area contributed by atoms with Gasteiger partial charge < -0.3 is 14.5 Å². The van der Waals surface area contributed by atoms with Crippen molar-refractivity contribution in [3.05, 3.63) is 59.3 Å². The monoisotopic (exact) mass is 392 g/mol. The van der Waals surface area contributed by atoms with E-state index in [1.165, 1.54) is 12.1 Å². The Morgan fingerprint density at radius 2 is 1.96 bits per heavy atom. The molecule has 6 nitrogen and oxygen atoms in total. The van der Waals surface area contributed by atoms with Gasteiger partial charge in [0, 0.05) is 13.0 Å². The van der Waals surface area contributed by atoms with Gasteiger partial charge in [-0.3, -0.25) is 10.0 Å². The van der Waals surface area contributed by atoms with Crippen molar-refractivity contribution < 1.29 is 23.5 Å². The van der Waals surface area contributed by atoms with Crippen molar-refractivity contribution in [2.45, 2.75) is 45.3 Å². The highest BCUT2D eigenvalue weighted by molar-refractivity contribution is 5.77. The molecular formula is C21H29FN2O4. The molecule has 2 rings (SSSR count). The summed E-state index contributed by atoms with van der Waals surface area (Å²) in [5, 5.41) is 12.4. The number of amides is 1. The van der Waals surface area contributed by atoms with Crippen molar-refractivity contribution in [2.75, 3.05) is 13.7 Å². The zero-order chi connectivity index (χ0) is 20.4. The second-order valence-corrected chi connectivity index (χ2v) is 6.87. The van der Waals surface area contributed by atoms with Gasteiger partial charge in [0.25, 0.3) is 0 Å². The number of hydrogen-bond donors (Lipinski definition) is 3. The van der Waals surface area contributed by atoms with Gasteiger partial charge in [-0.1, -0.05) is 18.6 Å². The number of ether oxygens (including phenoxy) is 1. The van der Waals surface area contributed by atoms with Gasteiger partial charge in [0.2, 0.25) is 5.91 Å². The van der Waals surface area contributed by atoms with Gasteiger partial charge in [-0.2, -0.15) is 0 Å². The lowest BCUT2D eigenvalue weighted by molar-refractivity contribution is -0.135. The van der Waals surface area contributed by atoms with Crippen LogP contribution in [-0.2, 0) is 16.1 Å². The third kappa shape index (κ3) is 7.07. The number of nitrogens with one attached hydrogen (secondary N) is 2. The maximum Gasteiger partial charge on any atom is 0.246 e.